The average molecular weight is 362 g/mol. The van der Waals surface area contributed by atoms with Crippen molar-refractivity contribution in [1.82, 2.24) is 19.8 Å². The third kappa shape index (κ3) is 3.18. The number of anilines is 1. The molecular weight excluding hydrogens is 350 g/mol. The van der Waals surface area contributed by atoms with Gasteiger partial charge < -0.3 is 5.32 Å². The zero-order valence-electron chi connectivity index (χ0n) is 13.9. The second kappa shape index (κ2) is 6.80. The van der Waals surface area contributed by atoms with Gasteiger partial charge in [0, 0.05) is 12.1 Å². The van der Waals surface area contributed by atoms with E-state index < -0.39 is 11.6 Å². The molecule has 0 radical (unpaired) electrons. The van der Waals surface area contributed by atoms with E-state index in [1.807, 2.05) is 6.07 Å². The Morgan fingerprint density at radius 3 is 2.63 bits per heavy atom. The summed E-state index contributed by atoms with van der Waals surface area (Å²) < 4.78 is 29.5. The molecule has 0 atom stereocenters. The minimum Gasteiger partial charge on any atom is -0.364 e. The summed E-state index contributed by atoms with van der Waals surface area (Å²) in [6, 6.07) is 15.8. The lowest BCUT2D eigenvalue weighted by molar-refractivity contribution is 0.612. The number of rotatable bonds is 4. The van der Waals surface area contributed by atoms with Crippen LogP contribution in [0.3, 0.4) is 0 Å². The van der Waals surface area contributed by atoms with Gasteiger partial charge in [-0.1, -0.05) is 18.2 Å². The van der Waals surface area contributed by atoms with Gasteiger partial charge in [0.05, 0.1) is 17.2 Å². The SMILES string of the molecule is N#Cc1ccc(CNc2ccc3nnc(-c4ccccc4F)n3n2)c(F)c1. The van der Waals surface area contributed by atoms with Gasteiger partial charge in [-0.05, 0) is 36.4 Å². The molecule has 0 spiro atoms. The van der Waals surface area contributed by atoms with E-state index in [1.165, 1.54) is 16.6 Å². The van der Waals surface area contributed by atoms with Crippen LogP contribution in [0.1, 0.15) is 11.1 Å². The van der Waals surface area contributed by atoms with Crippen LogP contribution in [0.15, 0.2) is 54.6 Å². The van der Waals surface area contributed by atoms with Crippen molar-refractivity contribution in [2.45, 2.75) is 6.54 Å². The second-order valence-corrected chi connectivity index (χ2v) is 5.76. The highest BCUT2D eigenvalue weighted by molar-refractivity contribution is 5.60. The van der Waals surface area contributed by atoms with Gasteiger partial charge in [-0.3, -0.25) is 0 Å². The van der Waals surface area contributed by atoms with Gasteiger partial charge in [-0.25, -0.2) is 8.78 Å². The fraction of sp³-hybridized carbons (Fsp3) is 0.0526. The molecule has 27 heavy (non-hydrogen) atoms. The number of nitrogens with zero attached hydrogens (tertiary/aromatic N) is 5. The summed E-state index contributed by atoms with van der Waals surface area (Å²) >= 11 is 0. The Hall–Kier alpha value is -3.86. The molecule has 0 saturated heterocycles. The Bertz CT molecular complexity index is 1180. The summed E-state index contributed by atoms with van der Waals surface area (Å²) in [7, 11) is 0. The molecule has 2 aromatic heterocycles. The standard InChI is InChI=1S/C19H12F2N6/c20-15-4-2-1-3-14(15)19-25-24-18-8-7-17(26-27(18)19)23-11-13-6-5-12(10-22)9-16(13)21/h1-9H,11H2,(H,23,26). The largest absolute Gasteiger partial charge is 0.364 e. The third-order valence-electron chi connectivity index (χ3n) is 4.02. The molecule has 0 aliphatic carbocycles. The summed E-state index contributed by atoms with van der Waals surface area (Å²) in [5, 5.41) is 24.2. The maximum atomic E-state index is 14.1. The second-order valence-electron chi connectivity index (χ2n) is 5.76. The topological polar surface area (TPSA) is 78.9 Å². The van der Waals surface area contributed by atoms with Crippen LogP contribution in [-0.2, 0) is 6.54 Å². The van der Waals surface area contributed by atoms with E-state index in [-0.39, 0.29) is 23.5 Å². The Morgan fingerprint density at radius 2 is 1.85 bits per heavy atom. The van der Waals surface area contributed by atoms with E-state index in [9.17, 15) is 8.78 Å². The summed E-state index contributed by atoms with van der Waals surface area (Å²) in [6.45, 7) is 0.174. The van der Waals surface area contributed by atoms with E-state index in [1.54, 1.807) is 42.5 Å². The van der Waals surface area contributed by atoms with Crippen molar-refractivity contribution in [2.24, 2.45) is 0 Å². The highest BCUT2D eigenvalue weighted by Gasteiger charge is 2.13. The minimum atomic E-state index is -0.473. The number of hydrogen-bond donors (Lipinski definition) is 1. The fourth-order valence-corrected chi connectivity index (χ4v) is 2.64. The predicted octanol–water partition coefficient (Wildman–Crippen LogP) is 3.55. The van der Waals surface area contributed by atoms with Crippen molar-refractivity contribution in [1.29, 1.82) is 5.26 Å². The molecule has 132 valence electrons. The molecule has 2 aromatic carbocycles. The lowest BCUT2D eigenvalue weighted by Gasteiger charge is -2.08. The van der Waals surface area contributed by atoms with Crippen LogP contribution in [0.25, 0.3) is 17.0 Å². The molecule has 0 fully saturated rings. The normalized spacial score (nSPS) is 10.7. The van der Waals surface area contributed by atoms with Crippen molar-refractivity contribution in [3.05, 3.63) is 77.4 Å². The molecule has 0 saturated carbocycles. The van der Waals surface area contributed by atoms with Crippen LogP contribution in [0.4, 0.5) is 14.6 Å². The van der Waals surface area contributed by atoms with Gasteiger partial charge in [0.25, 0.3) is 0 Å². The molecule has 0 unspecified atom stereocenters. The van der Waals surface area contributed by atoms with Gasteiger partial charge in [0.2, 0.25) is 0 Å². The van der Waals surface area contributed by atoms with Crippen LogP contribution in [0.2, 0.25) is 0 Å². The van der Waals surface area contributed by atoms with Crippen molar-refractivity contribution in [2.75, 3.05) is 5.32 Å². The number of nitriles is 1. The van der Waals surface area contributed by atoms with Crippen LogP contribution in [0, 0.1) is 23.0 Å². The Balaban J connectivity index is 1.63. The first-order valence-electron chi connectivity index (χ1n) is 8.05. The molecule has 0 aliphatic rings. The van der Waals surface area contributed by atoms with Gasteiger partial charge in [0.15, 0.2) is 11.5 Å². The number of aromatic nitrogens is 4. The van der Waals surface area contributed by atoms with Crippen molar-refractivity contribution in [3.63, 3.8) is 0 Å². The zero-order chi connectivity index (χ0) is 18.8. The molecule has 0 aliphatic heterocycles. The number of hydrogen-bond acceptors (Lipinski definition) is 5. The Morgan fingerprint density at radius 1 is 1.00 bits per heavy atom. The van der Waals surface area contributed by atoms with Crippen molar-refractivity contribution >= 4 is 11.5 Å². The molecule has 4 aromatic rings. The zero-order valence-corrected chi connectivity index (χ0v) is 13.9. The highest BCUT2D eigenvalue weighted by Crippen LogP contribution is 2.21. The molecule has 4 rings (SSSR count). The summed E-state index contributed by atoms with van der Waals surface area (Å²) in [5.74, 6) is -0.175. The number of fused-ring (bicyclic) bond motifs is 1. The van der Waals surface area contributed by atoms with Crippen LogP contribution in [0.5, 0.6) is 0 Å². The van der Waals surface area contributed by atoms with Crippen molar-refractivity contribution < 1.29 is 8.78 Å². The molecule has 8 heteroatoms. The summed E-state index contributed by atoms with van der Waals surface area (Å²) in [5.41, 5.74) is 1.40. The first-order valence-corrected chi connectivity index (χ1v) is 8.05. The first kappa shape index (κ1) is 16.6. The lowest BCUT2D eigenvalue weighted by Crippen LogP contribution is -2.06. The number of benzene rings is 2. The van der Waals surface area contributed by atoms with Crippen LogP contribution >= 0.6 is 0 Å². The average Bonchev–Trinajstić information content (AvgIpc) is 3.10. The Kier molecular flexibility index (Phi) is 4.18. The maximum absolute atomic E-state index is 14.1. The molecule has 0 bridgehead atoms. The van der Waals surface area contributed by atoms with Gasteiger partial charge >= 0.3 is 0 Å². The molecule has 1 N–H and O–H groups in total. The molecule has 0 amide bonds. The van der Waals surface area contributed by atoms with E-state index >= 15 is 0 Å². The summed E-state index contributed by atoms with van der Waals surface area (Å²) in [4.78, 5) is 0. The van der Waals surface area contributed by atoms with E-state index in [2.05, 4.69) is 20.6 Å². The predicted molar refractivity (Wildman–Crippen MR) is 94.6 cm³/mol. The lowest BCUT2D eigenvalue weighted by atomic mass is 10.1. The number of nitrogens with one attached hydrogen (secondary N) is 1. The number of halogens is 2. The van der Waals surface area contributed by atoms with Gasteiger partial charge in [-0.15, -0.1) is 15.3 Å². The monoisotopic (exact) mass is 362 g/mol. The first-order chi connectivity index (χ1) is 13.2. The van der Waals surface area contributed by atoms with Crippen LogP contribution in [-0.4, -0.2) is 19.8 Å². The van der Waals surface area contributed by atoms with E-state index in [4.69, 9.17) is 5.26 Å². The van der Waals surface area contributed by atoms with Gasteiger partial charge in [-0.2, -0.15) is 9.78 Å². The van der Waals surface area contributed by atoms with Gasteiger partial charge in [0.1, 0.15) is 17.5 Å². The van der Waals surface area contributed by atoms with Crippen molar-refractivity contribution in [3.8, 4) is 17.5 Å². The molecule has 2 heterocycles. The van der Waals surface area contributed by atoms with Crippen LogP contribution < -0.4 is 5.32 Å². The Labute approximate surface area is 152 Å². The molecular formula is C19H12F2N6. The van der Waals surface area contributed by atoms with E-state index in [0.29, 0.717) is 17.0 Å². The summed E-state index contributed by atoms with van der Waals surface area (Å²) in [6.07, 6.45) is 0. The highest BCUT2D eigenvalue weighted by atomic mass is 19.1. The quantitative estimate of drug-likeness (QED) is 0.601. The maximum Gasteiger partial charge on any atom is 0.188 e. The smallest absolute Gasteiger partial charge is 0.188 e. The fourth-order valence-electron chi connectivity index (χ4n) is 2.64. The third-order valence-corrected chi connectivity index (χ3v) is 4.02. The molecule has 6 nitrogen and oxygen atoms in total. The van der Waals surface area contributed by atoms with E-state index in [0.717, 1.165) is 0 Å². The minimum absolute atomic E-state index is 0.174.